The molecule has 90 valence electrons. The van der Waals surface area contributed by atoms with Crippen LogP contribution in [0.1, 0.15) is 40.5 Å². The van der Waals surface area contributed by atoms with Crippen LogP contribution in [0, 0.1) is 0 Å². The molecular formula is C13H24N2Si. The van der Waals surface area contributed by atoms with E-state index in [4.69, 9.17) is 5.10 Å². The Morgan fingerprint density at radius 2 is 1.88 bits per heavy atom. The highest BCUT2D eigenvalue weighted by Crippen LogP contribution is 2.42. The van der Waals surface area contributed by atoms with Crippen LogP contribution in [-0.2, 0) is 5.54 Å². The molecule has 0 saturated heterocycles. The fourth-order valence-corrected chi connectivity index (χ4v) is 3.37. The molecule has 0 radical (unpaired) electrons. The standard InChI is InChI=1S/C13H24N2Si/c1-12(2,3)16(5,6)11-7-10-15(14-11)13(4)8-9-13/h7,10H,8-9H2,1-6H3. The Kier molecular flexibility index (Phi) is 2.39. The summed E-state index contributed by atoms with van der Waals surface area (Å²) >= 11 is 0. The molecule has 1 aromatic heterocycles. The highest BCUT2D eigenvalue weighted by molar-refractivity contribution is 6.91. The van der Waals surface area contributed by atoms with Gasteiger partial charge in [0.1, 0.15) is 8.07 Å². The van der Waals surface area contributed by atoms with E-state index in [2.05, 4.69) is 57.7 Å². The van der Waals surface area contributed by atoms with Gasteiger partial charge in [-0.15, -0.1) is 0 Å². The molecule has 0 amide bonds. The fourth-order valence-electron chi connectivity index (χ4n) is 1.75. The van der Waals surface area contributed by atoms with Crippen molar-refractivity contribution in [3.8, 4) is 0 Å². The lowest BCUT2D eigenvalue weighted by atomic mass is 10.2. The zero-order valence-electron chi connectivity index (χ0n) is 11.5. The Hall–Kier alpha value is -0.573. The summed E-state index contributed by atoms with van der Waals surface area (Å²) in [5.41, 5.74) is 0.334. The average molecular weight is 236 g/mol. The van der Waals surface area contributed by atoms with Crippen LogP contribution in [0.25, 0.3) is 0 Å². The Balaban J connectivity index is 2.32. The Morgan fingerprint density at radius 1 is 1.31 bits per heavy atom. The van der Waals surface area contributed by atoms with Crippen molar-refractivity contribution >= 4 is 13.4 Å². The van der Waals surface area contributed by atoms with E-state index in [1.165, 1.54) is 18.2 Å². The van der Waals surface area contributed by atoms with E-state index in [1.54, 1.807) is 0 Å². The topological polar surface area (TPSA) is 17.8 Å². The number of rotatable bonds is 2. The minimum absolute atomic E-state index is 0.334. The molecule has 3 heteroatoms. The summed E-state index contributed by atoms with van der Waals surface area (Å²) in [6, 6.07) is 2.25. The van der Waals surface area contributed by atoms with Gasteiger partial charge < -0.3 is 0 Å². The minimum Gasteiger partial charge on any atom is -0.267 e. The molecule has 0 atom stereocenters. The van der Waals surface area contributed by atoms with Crippen molar-refractivity contribution in [2.45, 2.75) is 64.2 Å². The first-order chi connectivity index (χ1) is 7.17. The van der Waals surface area contributed by atoms with Gasteiger partial charge in [0.15, 0.2) is 0 Å². The number of nitrogens with zero attached hydrogens (tertiary/aromatic N) is 2. The lowest BCUT2D eigenvalue weighted by molar-refractivity contribution is 0.475. The average Bonchev–Trinajstić information content (AvgIpc) is 2.71. The monoisotopic (exact) mass is 236 g/mol. The molecule has 0 N–H and O–H groups in total. The van der Waals surface area contributed by atoms with Gasteiger partial charge in [-0.2, -0.15) is 5.10 Å². The Bertz CT molecular complexity index is 394. The van der Waals surface area contributed by atoms with Crippen molar-refractivity contribution in [1.82, 2.24) is 9.78 Å². The zero-order valence-corrected chi connectivity index (χ0v) is 12.5. The normalized spacial score (nSPS) is 19.9. The highest BCUT2D eigenvalue weighted by Gasteiger charge is 2.43. The second kappa shape index (κ2) is 3.22. The molecule has 1 fully saturated rings. The maximum atomic E-state index is 4.86. The number of aromatic nitrogens is 2. The van der Waals surface area contributed by atoms with Crippen molar-refractivity contribution in [3.05, 3.63) is 12.3 Å². The van der Waals surface area contributed by atoms with Gasteiger partial charge in [-0.25, -0.2) is 0 Å². The molecule has 1 aromatic rings. The molecule has 0 unspecified atom stereocenters. The molecule has 1 aliphatic carbocycles. The molecule has 0 aromatic carbocycles. The van der Waals surface area contributed by atoms with E-state index >= 15 is 0 Å². The smallest absolute Gasteiger partial charge is 0.112 e. The SMILES string of the molecule is CC1(n2ccc([Si](C)(C)C(C)(C)C)n2)CC1. The van der Waals surface area contributed by atoms with E-state index in [9.17, 15) is 0 Å². The third kappa shape index (κ3) is 1.75. The highest BCUT2D eigenvalue weighted by atomic mass is 28.3. The molecule has 1 heterocycles. The van der Waals surface area contributed by atoms with Gasteiger partial charge in [-0.1, -0.05) is 33.9 Å². The maximum absolute atomic E-state index is 4.86. The molecule has 0 spiro atoms. The summed E-state index contributed by atoms with van der Waals surface area (Å²) in [6.45, 7) is 14.2. The van der Waals surface area contributed by atoms with E-state index < -0.39 is 8.07 Å². The summed E-state index contributed by atoms with van der Waals surface area (Å²) in [5, 5.41) is 6.59. The molecule has 0 bridgehead atoms. The zero-order chi connectivity index (χ0) is 12.2. The third-order valence-corrected chi connectivity index (χ3v) is 9.93. The Labute approximate surface area is 100 Å². The number of hydrogen-bond donors (Lipinski definition) is 0. The predicted octanol–water partition coefficient (Wildman–Crippen LogP) is 3.11. The largest absolute Gasteiger partial charge is 0.267 e. The van der Waals surface area contributed by atoms with Gasteiger partial charge in [0, 0.05) is 11.5 Å². The first kappa shape index (κ1) is 11.9. The second-order valence-electron chi connectivity index (χ2n) is 7.02. The quantitative estimate of drug-likeness (QED) is 0.722. The van der Waals surface area contributed by atoms with Crippen LogP contribution in [0.2, 0.25) is 18.1 Å². The van der Waals surface area contributed by atoms with Gasteiger partial charge in [-0.05, 0) is 30.9 Å². The molecule has 1 aliphatic rings. The van der Waals surface area contributed by atoms with Crippen molar-refractivity contribution in [2.24, 2.45) is 0 Å². The molecule has 2 rings (SSSR count). The fraction of sp³-hybridized carbons (Fsp3) is 0.769. The summed E-state index contributed by atoms with van der Waals surface area (Å²) in [6.07, 6.45) is 4.75. The van der Waals surface area contributed by atoms with Gasteiger partial charge in [0.25, 0.3) is 0 Å². The van der Waals surface area contributed by atoms with Gasteiger partial charge in [-0.3, -0.25) is 4.68 Å². The Morgan fingerprint density at radius 3 is 2.31 bits per heavy atom. The van der Waals surface area contributed by atoms with Crippen molar-refractivity contribution in [3.63, 3.8) is 0 Å². The van der Waals surface area contributed by atoms with E-state index in [0.717, 1.165) is 0 Å². The van der Waals surface area contributed by atoms with Crippen LogP contribution in [0.4, 0.5) is 0 Å². The summed E-state index contributed by atoms with van der Waals surface area (Å²) in [4.78, 5) is 0. The van der Waals surface area contributed by atoms with Crippen molar-refractivity contribution in [1.29, 1.82) is 0 Å². The summed E-state index contributed by atoms with van der Waals surface area (Å²) in [7, 11) is -1.44. The molecule has 0 aliphatic heterocycles. The summed E-state index contributed by atoms with van der Waals surface area (Å²) in [5.74, 6) is 0. The van der Waals surface area contributed by atoms with Gasteiger partial charge in [0.05, 0.1) is 5.54 Å². The first-order valence-corrected chi connectivity index (χ1v) is 9.23. The molecule has 16 heavy (non-hydrogen) atoms. The van der Waals surface area contributed by atoms with Gasteiger partial charge in [0.2, 0.25) is 0 Å². The molecule has 2 nitrogen and oxygen atoms in total. The number of hydrogen-bond acceptors (Lipinski definition) is 1. The molecular weight excluding hydrogens is 212 g/mol. The lowest BCUT2D eigenvalue weighted by Gasteiger charge is -2.35. The van der Waals surface area contributed by atoms with E-state index in [1.807, 2.05) is 0 Å². The van der Waals surface area contributed by atoms with Gasteiger partial charge >= 0.3 is 0 Å². The summed E-state index contributed by atoms with van der Waals surface area (Å²) < 4.78 is 2.20. The van der Waals surface area contributed by atoms with Crippen LogP contribution in [0.5, 0.6) is 0 Å². The van der Waals surface area contributed by atoms with Crippen LogP contribution in [-0.4, -0.2) is 17.9 Å². The van der Waals surface area contributed by atoms with Crippen LogP contribution in [0.3, 0.4) is 0 Å². The molecule has 1 saturated carbocycles. The third-order valence-electron chi connectivity index (χ3n) is 4.63. The predicted molar refractivity (Wildman–Crippen MR) is 71.9 cm³/mol. The van der Waals surface area contributed by atoms with Crippen molar-refractivity contribution < 1.29 is 0 Å². The van der Waals surface area contributed by atoms with Crippen LogP contribution < -0.4 is 5.32 Å². The van der Waals surface area contributed by atoms with Crippen LogP contribution >= 0.6 is 0 Å². The van der Waals surface area contributed by atoms with E-state index in [-0.39, 0.29) is 0 Å². The van der Waals surface area contributed by atoms with Crippen molar-refractivity contribution in [2.75, 3.05) is 0 Å². The van der Waals surface area contributed by atoms with Crippen LogP contribution in [0.15, 0.2) is 12.3 Å². The lowest BCUT2D eigenvalue weighted by Crippen LogP contribution is -2.50. The first-order valence-electron chi connectivity index (χ1n) is 6.23. The maximum Gasteiger partial charge on any atom is 0.112 e. The second-order valence-corrected chi connectivity index (χ2v) is 12.3. The van der Waals surface area contributed by atoms with E-state index in [0.29, 0.717) is 10.6 Å². The minimum atomic E-state index is -1.44.